The number of methoxy groups -OCH3 is 2. The van der Waals surface area contributed by atoms with Gasteiger partial charge in [0, 0.05) is 19.8 Å². The fourth-order valence-corrected chi connectivity index (χ4v) is 1.58. The van der Waals surface area contributed by atoms with Crippen LogP contribution in [0, 0.1) is 0 Å². The topological polar surface area (TPSA) is 27.7 Å². The van der Waals surface area contributed by atoms with Crippen LogP contribution in [0.1, 0.15) is 12.0 Å². The Bertz CT molecular complexity index is 352. The zero-order valence-corrected chi connectivity index (χ0v) is 8.90. The standard InChI is InChI=1S/C12H14O3/c1-13-12(14-2)9-8-11(15-12)10-6-4-3-5-7-10/h3-8H,9H2,1-2H3. The van der Waals surface area contributed by atoms with Gasteiger partial charge in [0.2, 0.25) is 0 Å². The minimum atomic E-state index is -0.939. The molecule has 0 atom stereocenters. The zero-order chi connectivity index (χ0) is 10.7. The van der Waals surface area contributed by atoms with Crippen LogP contribution in [0.15, 0.2) is 36.4 Å². The van der Waals surface area contributed by atoms with E-state index in [4.69, 9.17) is 14.2 Å². The van der Waals surface area contributed by atoms with E-state index in [9.17, 15) is 0 Å². The Morgan fingerprint density at radius 2 is 1.80 bits per heavy atom. The lowest BCUT2D eigenvalue weighted by Gasteiger charge is -2.25. The Labute approximate surface area is 89.3 Å². The smallest absolute Gasteiger partial charge is 0.330 e. The van der Waals surface area contributed by atoms with Crippen LogP contribution in [0.25, 0.3) is 5.76 Å². The average Bonchev–Trinajstić information content (AvgIpc) is 2.75. The third-order valence-electron chi connectivity index (χ3n) is 2.48. The van der Waals surface area contributed by atoms with Crippen LogP contribution in [-0.2, 0) is 14.2 Å². The summed E-state index contributed by atoms with van der Waals surface area (Å²) in [6.07, 6.45) is 2.58. The highest BCUT2D eigenvalue weighted by molar-refractivity contribution is 5.61. The van der Waals surface area contributed by atoms with E-state index in [1.807, 2.05) is 36.4 Å². The maximum absolute atomic E-state index is 5.65. The maximum atomic E-state index is 5.65. The predicted molar refractivity (Wildman–Crippen MR) is 56.9 cm³/mol. The Balaban J connectivity index is 2.16. The lowest BCUT2D eigenvalue weighted by molar-refractivity contribution is -0.324. The van der Waals surface area contributed by atoms with Crippen LogP contribution in [0.4, 0.5) is 0 Å². The van der Waals surface area contributed by atoms with Crippen molar-refractivity contribution in [3.8, 4) is 0 Å². The van der Waals surface area contributed by atoms with Crippen LogP contribution >= 0.6 is 0 Å². The van der Waals surface area contributed by atoms with E-state index in [1.54, 1.807) is 14.2 Å². The molecule has 0 unspecified atom stereocenters. The molecule has 3 heteroatoms. The van der Waals surface area contributed by atoms with Gasteiger partial charge < -0.3 is 14.2 Å². The zero-order valence-electron chi connectivity index (χ0n) is 8.90. The quantitative estimate of drug-likeness (QED) is 0.711. The second-order valence-electron chi connectivity index (χ2n) is 3.33. The van der Waals surface area contributed by atoms with Crippen LogP contribution in [0.3, 0.4) is 0 Å². The van der Waals surface area contributed by atoms with Crippen molar-refractivity contribution in [2.75, 3.05) is 14.2 Å². The van der Waals surface area contributed by atoms with Crippen LogP contribution in [0.5, 0.6) is 0 Å². The van der Waals surface area contributed by atoms with Crippen molar-refractivity contribution in [3.63, 3.8) is 0 Å². The fourth-order valence-electron chi connectivity index (χ4n) is 1.58. The molecular formula is C12H14O3. The Kier molecular flexibility index (Phi) is 2.75. The van der Waals surface area contributed by atoms with Crippen molar-refractivity contribution in [2.24, 2.45) is 0 Å². The lowest BCUT2D eigenvalue weighted by Crippen LogP contribution is -2.32. The second-order valence-corrected chi connectivity index (χ2v) is 3.33. The molecule has 0 saturated heterocycles. The average molecular weight is 206 g/mol. The largest absolute Gasteiger partial charge is 0.438 e. The highest BCUT2D eigenvalue weighted by atomic mass is 16.9. The summed E-state index contributed by atoms with van der Waals surface area (Å²) in [4.78, 5) is 0. The molecule has 0 spiro atoms. The van der Waals surface area contributed by atoms with Crippen molar-refractivity contribution in [3.05, 3.63) is 42.0 Å². The third kappa shape index (κ3) is 1.89. The Morgan fingerprint density at radius 1 is 1.13 bits per heavy atom. The Morgan fingerprint density at radius 3 is 2.33 bits per heavy atom. The molecule has 1 heterocycles. The second kappa shape index (κ2) is 4.04. The van der Waals surface area contributed by atoms with Gasteiger partial charge in [0.1, 0.15) is 5.76 Å². The highest BCUT2D eigenvalue weighted by Gasteiger charge is 2.37. The molecular weight excluding hydrogens is 192 g/mol. The van der Waals surface area contributed by atoms with Crippen molar-refractivity contribution in [2.45, 2.75) is 12.4 Å². The van der Waals surface area contributed by atoms with E-state index < -0.39 is 5.97 Å². The first-order valence-corrected chi connectivity index (χ1v) is 4.84. The van der Waals surface area contributed by atoms with Gasteiger partial charge in [-0.25, -0.2) is 0 Å². The van der Waals surface area contributed by atoms with Crippen molar-refractivity contribution >= 4 is 5.76 Å². The predicted octanol–water partition coefficient (Wildman–Crippen LogP) is 2.39. The molecule has 0 N–H and O–H groups in total. The van der Waals surface area contributed by atoms with Gasteiger partial charge in [-0.2, -0.15) is 0 Å². The summed E-state index contributed by atoms with van der Waals surface area (Å²) in [6, 6.07) is 9.90. The minimum Gasteiger partial charge on any atom is -0.438 e. The molecule has 1 aliphatic heterocycles. The number of benzene rings is 1. The summed E-state index contributed by atoms with van der Waals surface area (Å²) in [7, 11) is 3.15. The van der Waals surface area contributed by atoms with Gasteiger partial charge in [0.15, 0.2) is 0 Å². The van der Waals surface area contributed by atoms with Crippen LogP contribution in [-0.4, -0.2) is 20.2 Å². The molecule has 0 aliphatic carbocycles. The van der Waals surface area contributed by atoms with Crippen molar-refractivity contribution in [1.29, 1.82) is 0 Å². The Hall–Kier alpha value is -1.32. The summed E-state index contributed by atoms with van der Waals surface area (Å²) in [5.41, 5.74) is 1.04. The number of rotatable bonds is 3. The van der Waals surface area contributed by atoms with Gasteiger partial charge >= 0.3 is 5.97 Å². The summed E-state index contributed by atoms with van der Waals surface area (Å²) in [5, 5.41) is 0. The van der Waals surface area contributed by atoms with Gasteiger partial charge in [0.25, 0.3) is 0 Å². The maximum Gasteiger partial charge on any atom is 0.330 e. The third-order valence-corrected chi connectivity index (χ3v) is 2.48. The van der Waals surface area contributed by atoms with E-state index in [-0.39, 0.29) is 0 Å². The normalized spacial score (nSPS) is 18.4. The highest BCUT2D eigenvalue weighted by Crippen LogP contribution is 2.34. The SMILES string of the molecule is COC1(OC)CC=C(c2ccccc2)O1. The number of ether oxygens (including phenoxy) is 3. The molecule has 0 amide bonds. The monoisotopic (exact) mass is 206 g/mol. The van der Waals surface area contributed by atoms with Gasteiger partial charge in [-0.05, 0) is 6.08 Å². The fraction of sp³-hybridized carbons (Fsp3) is 0.333. The summed E-state index contributed by atoms with van der Waals surface area (Å²) in [6.45, 7) is 0. The molecule has 1 aromatic rings. The number of hydrogen-bond acceptors (Lipinski definition) is 3. The molecule has 0 fully saturated rings. The first-order valence-electron chi connectivity index (χ1n) is 4.84. The molecule has 0 aromatic heterocycles. The summed E-state index contributed by atoms with van der Waals surface area (Å²) in [5.74, 6) is -0.134. The molecule has 2 rings (SSSR count). The minimum absolute atomic E-state index is 0.601. The summed E-state index contributed by atoms with van der Waals surface area (Å²) >= 11 is 0. The molecule has 80 valence electrons. The van der Waals surface area contributed by atoms with E-state index in [1.165, 1.54) is 0 Å². The van der Waals surface area contributed by atoms with Crippen molar-refractivity contribution < 1.29 is 14.2 Å². The first kappa shape index (κ1) is 10.2. The lowest BCUT2D eigenvalue weighted by atomic mass is 10.2. The van der Waals surface area contributed by atoms with Gasteiger partial charge in [-0.15, -0.1) is 0 Å². The van der Waals surface area contributed by atoms with E-state index in [0.29, 0.717) is 6.42 Å². The van der Waals surface area contributed by atoms with E-state index in [2.05, 4.69) is 0 Å². The summed E-state index contributed by atoms with van der Waals surface area (Å²) < 4.78 is 16.1. The van der Waals surface area contributed by atoms with Crippen LogP contribution < -0.4 is 0 Å². The van der Waals surface area contributed by atoms with Gasteiger partial charge in [-0.3, -0.25) is 0 Å². The molecule has 15 heavy (non-hydrogen) atoms. The molecule has 1 aromatic carbocycles. The van der Waals surface area contributed by atoms with Crippen LogP contribution in [0.2, 0.25) is 0 Å². The molecule has 0 bridgehead atoms. The van der Waals surface area contributed by atoms with E-state index >= 15 is 0 Å². The van der Waals surface area contributed by atoms with E-state index in [0.717, 1.165) is 11.3 Å². The molecule has 0 radical (unpaired) electrons. The molecule has 1 aliphatic rings. The van der Waals surface area contributed by atoms with Crippen molar-refractivity contribution in [1.82, 2.24) is 0 Å². The van der Waals surface area contributed by atoms with Gasteiger partial charge in [0.05, 0.1) is 6.42 Å². The number of hydrogen-bond donors (Lipinski definition) is 0. The molecule has 0 saturated carbocycles. The molecule has 3 nitrogen and oxygen atoms in total. The first-order chi connectivity index (χ1) is 7.29. The van der Waals surface area contributed by atoms with Gasteiger partial charge in [-0.1, -0.05) is 30.3 Å².